The van der Waals surface area contributed by atoms with Crippen molar-refractivity contribution in [1.29, 1.82) is 0 Å². The van der Waals surface area contributed by atoms with Crippen LogP contribution in [0.3, 0.4) is 0 Å². The van der Waals surface area contributed by atoms with Crippen LogP contribution in [0.25, 0.3) is 0 Å². The standard InChI is InChI=1S/C14H21BrN2O/c15-13-4-3-12(8-14(13)16)10-17-6-1-2-11(9-17)5-7-18/h3-4,8,11,18H,1-2,5-7,9-10,16H2. The van der Waals surface area contributed by atoms with Crippen LogP contribution in [0.15, 0.2) is 22.7 Å². The molecule has 18 heavy (non-hydrogen) atoms. The molecule has 0 radical (unpaired) electrons. The van der Waals surface area contributed by atoms with Crippen molar-refractivity contribution in [2.24, 2.45) is 5.92 Å². The molecule has 1 fully saturated rings. The highest BCUT2D eigenvalue weighted by molar-refractivity contribution is 9.10. The number of rotatable bonds is 4. The number of hydrogen-bond donors (Lipinski definition) is 2. The summed E-state index contributed by atoms with van der Waals surface area (Å²) in [5.74, 6) is 0.650. The van der Waals surface area contributed by atoms with Gasteiger partial charge in [0, 0.05) is 29.9 Å². The van der Waals surface area contributed by atoms with E-state index in [2.05, 4.69) is 26.9 Å². The van der Waals surface area contributed by atoms with Gasteiger partial charge in [-0.25, -0.2) is 0 Å². The fourth-order valence-electron chi connectivity index (χ4n) is 2.66. The largest absolute Gasteiger partial charge is 0.398 e. The van der Waals surface area contributed by atoms with Gasteiger partial charge in [0.05, 0.1) is 0 Å². The first-order valence-electron chi connectivity index (χ1n) is 6.56. The third-order valence-electron chi connectivity index (χ3n) is 3.61. The van der Waals surface area contributed by atoms with Gasteiger partial charge in [0.1, 0.15) is 0 Å². The molecule has 1 aliphatic rings. The molecule has 0 bridgehead atoms. The zero-order chi connectivity index (χ0) is 13.0. The maximum Gasteiger partial charge on any atom is 0.0461 e. The second kappa shape index (κ2) is 6.55. The fourth-order valence-corrected chi connectivity index (χ4v) is 2.91. The SMILES string of the molecule is Nc1cc(CN2CCCC(CCO)C2)ccc1Br. The van der Waals surface area contributed by atoms with Crippen LogP contribution in [-0.4, -0.2) is 29.7 Å². The summed E-state index contributed by atoms with van der Waals surface area (Å²) in [5, 5.41) is 9.02. The van der Waals surface area contributed by atoms with Crippen molar-refractivity contribution in [2.45, 2.75) is 25.8 Å². The minimum Gasteiger partial charge on any atom is -0.398 e. The molecule has 100 valence electrons. The second-order valence-corrected chi connectivity index (χ2v) is 5.97. The lowest BCUT2D eigenvalue weighted by Gasteiger charge is -2.32. The van der Waals surface area contributed by atoms with Crippen molar-refractivity contribution in [3.8, 4) is 0 Å². The molecule has 0 aromatic heterocycles. The smallest absolute Gasteiger partial charge is 0.0461 e. The minimum atomic E-state index is 0.309. The van der Waals surface area contributed by atoms with Crippen LogP contribution in [-0.2, 0) is 6.54 Å². The number of aliphatic hydroxyl groups excluding tert-OH is 1. The molecular weight excluding hydrogens is 292 g/mol. The molecule has 1 atom stereocenters. The number of piperidine rings is 1. The molecule has 1 saturated heterocycles. The van der Waals surface area contributed by atoms with Crippen LogP contribution in [0, 0.1) is 5.92 Å². The van der Waals surface area contributed by atoms with Gasteiger partial charge in [-0.15, -0.1) is 0 Å². The maximum absolute atomic E-state index is 9.02. The van der Waals surface area contributed by atoms with E-state index in [1.54, 1.807) is 0 Å². The van der Waals surface area contributed by atoms with E-state index in [9.17, 15) is 0 Å². The van der Waals surface area contributed by atoms with Crippen LogP contribution in [0.4, 0.5) is 5.69 Å². The van der Waals surface area contributed by atoms with E-state index in [-0.39, 0.29) is 0 Å². The molecular formula is C14H21BrN2O. The molecule has 1 heterocycles. The molecule has 2 rings (SSSR count). The zero-order valence-electron chi connectivity index (χ0n) is 10.6. The second-order valence-electron chi connectivity index (χ2n) is 5.11. The Balaban J connectivity index is 1.93. The zero-order valence-corrected chi connectivity index (χ0v) is 12.2. The maximum atomic E-state index is 9.02. The van der Waals surface area contributed by atoms with Crippen molar-refractivity contribution in [3.63, 3.8) is 0 Å². The summed E-state index contributed by atoms with van der Waals surface area (Å²) in [7, 11) is 0. The summed E-state index contributed by atoms with van der Waals surface area (Å²) < 4.78 is 0.961. The van der Waals surface area contributed by atoms with E-state index in [1.165, 1.54) is 18.4 Å². The number of hydrogen-bond acceptors (Lipinski definition) is 3. The van der Waals surface area contributed by atoms with Crippen LogP contribution in [0.1, 0.15) is 24.8 Å². The third kappa shape index (κ3) is 3.70. The first-order chi connectivity index (χ1) is 8.69. The number of aliphatic hydroxyl groups is 1. The summed E-state index contributed by atoms with van der Waals surface area (Å²) in [4.78, 5) is 2.46. The summed E-state index contributed by atoms with van der Waals surface area (Å²) in [6.07, 6.45) is 3.41. The monoisotopic (exact) mass is 312 g/mol. The van der Waals surface area contributed by atoms with Gasteiger partial charge in [0.25, 0.3) is 0 Å². The number of anilines is 1. The van der Waals surface area contributed by atoms with E-state index >= 15 is 0 Å². The summed E-state index contributed by atoms with van der Waals surface area (Å²) >= 11 is 3.42. The molecule has 3 N–H and O–H groups in total. The molecule has 1 aliphatic heterocycles. The van der Waals surface area contributed by atoms with Crippen LogP contribution in [0.5, 0.6) is 0 Å². The topological polar surface area (TPSA) is 49.5 Å². The van der Waals surface area contributed by atoms with E-state index < -0.39 is 0 Å². The molecule has 0 spiro atoms. The van der Waals surface area contributed by atoms with Crippen molar-refractivity contribution in [1.82, 2.24) is 4.90 Å². The van der Waals surface area contributed by atoms with Gasteiger partial charge in [-0.05, 0) is 65.4 Å². The number of nitrogens with zero attached hydrogens (tertiary/aromatic N) is 1. The average Bonchev–Trinajstić information content (AvgIpc) is 2.35. The first kappa shape index (κ1) is 13.8. The molecule has 0 saturated carbocycles. The van der Waals surface area contributed by atoms with Crippen molar-refractivity contribution < 1.29 is 5.11 Å². The number of benzene rings is 1. The van der Waals surface area contributed by atoms with Crippen molar-refractivity contribution in [2.75, 3.05) is 25.4 Å². The molecule has 4 heteroatoms. The summed E-state index contributed by atoms with van der Waals surface area (Å²) in [6, 6.07) is 6.18. The molecule has 1 unspecified atom stereocenters. The van der Waals surface area contributed by atoms with E-state index in [1.807, 2.05) is 12.1 Å². The third-order valence-corrected chi connectivity index (χ3v) is 4.33. The Kier molecular flexibility index (Phi) is 5.03. The summed E-state index contributed by atoms with van der Waals surface area (Å²) in [6.45, 7) is 3.51. The van der Waals surface area contributed by atoms with Crippen LogP contribution < -0.4 is 5.73 Å². The van der Waals surface area contributed by atoms with E-state index in [0.29, 0.717) is 12.5 Å². The van der Waals surface area contributed by atoms with Crippen molar-refractivity contribution >= 4 is 21.6 Å². The Morgan fingerprint density at radius 3 is 3.00 bits per heavy atom. The van der Waals surface area contributed by atoms with Gasteiger partial charge in [-0.2, -0.15) is 0 Å². The normalized spacial score (nSPS) is 21.1. The van der Waals surface area contributed by atoms with Gasteiger partial charge in [0.15, 0.2) is 0 Å². The van der Waals surface area contributed by atoms with E-state index in [0.717, 1.165) is 36.2 Å². The number of nitrogen functional groups attached to an aromatic ring is 1. The molecule has 0 amide bonds. The Hall–Kier alpha value is -0.580. The Morgan fingerprint density at radius 1 is 1.44 bits per heavy atom. The van der Waals surface area contributed by atoms with Crippen LogP contribution in [0.2, 0.25) is 0 Å². The predicted octanol–water partition coefficient (Wildman–Crippen LogP) is 2.63. The minimum absolute atomic E-state index is 0.309. The quantitative estimate of drug-likeness (QED) is 0.840. The van der Waals surface area contributed by atoms with E-state index in [4.69, 9.17) is 10.8 Å². The van der Waals surface area contributed by atoms with Gasteiger partial charge < -0.3 is 10.8 Å². The summed E-state index contributed by atoms with van der Waals surface area (Å²) in [5.41, 5.74) is 7.97. The van der Waals surface area contributed by atoms with Gasteiger partial charge in [-0.1, -0.05) is 6.07 Å². The highest BCUT2D eigenvalue weighted by Crippen LogP contribution is 2.24. The lowest BCUT2D eigenvalue weighted by atomic mass is 9.95. The lowest BCUT2D eigenvalue weighted by molar-refractivity contribution is 0.142. The van der Waals surface area contributed by atoms with Gasteiger partial charge >= 0.3 is 0 Å². The number of nitrogens with two attached hydrogens (primary N) is 1. The number of likely N-dealkylation sites (tertiary alicyclic amines) is 1. The predicted molar refractivity (Wildman–Crippen MR) is 78.3 cm³/mol. The molecule has 3 nitrogen and oxygen atoms in total. The molecule has 1 aromatic carbocycles. The Bertz CT molecular complexity index is 395. The highest BCUT2D eigenvalue weighted by atomic mass is 79.9. The average molecular weight is 313 g/mol. The van der Waals surface area contributed by atoms with Crippen molar-refractivity contribution in [3.05, 3.63) is 28.2 Å². The number of halogens is 1. The lowest BCUT2D eigenvalue weighted by Crippen LogP contribution is -2.35. The molecule has 0 aliphatic carbocycles. The van der Waals surface area contributed by atoms with Crippen LogP contribution >= 0.6 is 15.9 Å². The Morgan fingerprint density at radius 2 is 2.28 bits per heavy atom. The Labute approximate surface area is 117 Å². The van der Waals surface area contributed by atoms with Gasteiger partial charge in [-0.3, -0.25) is 4.90 Å². The van der Waals surface area contributed by atoms with Gasteiger partial charge in [0.2, 0.25) is 0 Å². The molecule has 1 aromatic rings. The first-order valence-corrected chi connectivity index (χ1v) is 7.35. The highest BCUT2D eigenvalue weighted by Gasteiger charge is 2.19. The fraction of sp³-hybridized carbons (Fsp3) is 0.571.